The zero-order valence-corrected chi connectivity index (χ0v) is 14.4. The van der Waals surface area contributed by atoms with Crippen LogP contribution in [0.5, 0.6) is 0 Å². The summed E-state index contributed by atoms with van der Waals surface area (Å²) >= 11 is 0. The molecule has 3 aromatic rings. The van der Waals surface area contributed by atoms with Gasteiger partial charge in [0.15, 0.2) is 11.6 Å². The van der Waals surface area contributed by atoms with Gasteiger partial charge in [0.05, 0.1) is 12.8 Å². The number of hydrogen-bond donors (Lipinski definition) is 0. The molecule has 8 heteroatoms. The first-order valence-electron chi connectivity index (χ1n) is 9.02. The number of piperazine rings is 1. The number of furan rings is 1. The lowest BCUT2D eigenvalue weighted by Crippen LogP contribution is -2.46. The molecule has 1 aliphatic carbocycles. The predicted molar refractivity (Wildman–Crippen MR) is 93.5 cm³/mol. The average molecular weight is 352 g/mol. The summed E-state index contributed by atoms with van der Waals surface area (Å²) in [5.74, 6) is 3.68. The standard InChI is InChI=1S/C18H20N6O2/c1-2-15(25-11-1)14-5-6-16(20-19-14)24-9-7-23(8-10-24)12-17-21-22-18(26-17)13-3-4-13/h1-2,5-6,11,13H,3-4,7-10,12H2. The fourth-order valence-corrected chi connectivity index (χ4v) is 3.20. The van der Waals surface area contributed by atoms with E-state index in [9.17, 15) is 0 Å². The first-order valence-corrected chi connectivity index (χ1v) is 9.02. The third kappa shape index (κ3) is 3.20. The second-order valence-electron chi connectivity index (χ2n) is 6.83. The molecular formula is C18H20N6O2. The van der Waals surface area contributed by atoms with Gasteiger partial charge in [-0.3, -0.25) is 4.90 Å². The summed E-state index contributed by atoms with van der Waals surface area (Å²) in [4.78, 5) is 4.59. The van der Waals surface area contributed by atoms with Crippen LogP contribution in [0.3, 0.4) is 0 Å². The van der Waals surface area contributed by atoms with Crippen molar-refractivity contribution < 1.29 is 8.83 Å². The molecule has 0 unspecified atom stereocenters. The summed E-state index contributed by atoms with van der Waals surface area (Å²) in [6.45, 7) is 4.39. The van der Waals surface area contributed by atoms with E-state index < -0.39 is 0 Å². The second-order valence-corrected chi connectivity index (χ2v) is 6.83. The van der Waals surface area contributed by atoms with Crippen molar-refractivity contribution in [1.82, 2.24) is 25.3 Å². The minimum Gasteiger partial charge on any atom is -0.463 e. The van der Waals surface area contributed by atoms with Crippen LogP contribution in [0.1, 0.15) is 30.5 Å². The third-order valence-electron chi connectivity index (χ3n) is 4.89. The maximum Gasteiger partial charge on any atom is 0.230 e. The van der Waals surface area contributed by atoms with Crippen LogP contribution in [0.4, 0.5) is 5.82 Å². The van der Waals surface area contributed by atoms with Gasteiger partial charge in [0.1, 0.15) is 5.69 Å². The van der Waals surface area contributed by atoms with Gasteiger partial charge in [-0.1, -0.05) is 0 Å². The monoisotopic (exact) mass is 352 g/mol. The molecule has 1 saturated carbocycles. The van der Waals surface area contributed by atoms with Gasteiger partial charge in [-0.25, -0.2) is 0 Å². The SMILES string of the molecule is c1coc(-c2ccc(N3CCN(Cc4nnc(C5CC5)o4)CC3)nn2)c1. The molecule has 2 aliphatic rings. The van der Waals surface area contributed by atoms with Crippen LogP contribution in [0, 0.1) is 0 Å². The lowest BCUT2D eigenvalue weighted by atomic mass is 10.3. The van der Waals surface area contributed by atoms with Crippen LogP contribution >= 0.6 is 0 Å². The van der Waals surface area contributed by atoms with E-state index in [0.29, 0.717) is 5.92 Å². The third-order valence-corrected chi connectivity index (χ3v) is 4.89. The number of hydrogen-bond acceptors (Lipinski definition) is 8. The molecule has 0 N–H and O–H groups in total. The zero-order chi connectivity index (χ0) is 17.3. The normalized spacial score (nSPS) is 18.4. The highest BCUT2D eigenvalue weighted by molar-refractivity contribution is 5.53. The maximum absolute atomic E-state index is 5.76. The molecule has 26 heavy (non-hydrogen) atoms. The van der Waals surface area contributed by atoms with E-state index in [0.717, 1.165) is 61.8 Å². The quantitative estimate of drug-likeness (QED) is 0.692. The van der Waals surface area contributed by atoms with Gasteiger partial charge in [0.2, 0.25) is 11.8 Å². The van der Waals surface area contributed by atoms with Crippen molar-refractivity contribution in [2.75, 3.05) is 31.1 Å². The molecule has 0 aromatic carbocycles. The highest BCUT2D eigenvalue weighted by Crippen LogP contribution is 2.39. The van der Waals surface area contributed by atoms with Crippen molar-refractivity contribution in [3.05, 3.63) is 42.3 Å². The smallest absolute Gasteiger partial charge is 0.230 e. The summed E-state index contributed by atoms with van der Waals surface area (Å²) in [5.41, 5.74) is 0.750. The molecule has 2 fully saturated rings. The molecule has 5 rings (SSSR count). The minimum atomic E-state index is 0.510. The Morgan fingerprint density at radius 3 is 2.54 bits per heavy atom. The molecule has 3 aromatic heterocycles. The molecule has 0 bridgehead atoms. The Morgan fingerprint density at radius 2 is 1.85 bits per heavy atom. The molecule has 134 valence electrons. The van der Waals surface area contributed by atoms with Crippen LogP contribution in [-0.4, -0.2) is 51.5 Å². The Bertz CT molecular complexity index is 848. The summed E-state index contributed by atoms with van der Waals surface area (Å²) in [7, 11) is 0. The van der Waals surface area contributed by atoms with E-state index in [-0.39, 0.29) is 0 Å². The number of aromatic nitrogens is 4. The van der Waals surface area contributed by atoms with Crippen molar-refractivity contribution in [3.8, 4) is 11.5 Å². The van der Waals surface area contributed by atoms with Crippen LogP contribution < -0.4 is 4.90 Å². The first-order chi connectivity index (χ1) is 12.8. The molecule has 0 amide bonds. The Labute approximate surface area is 150 Å². The molecule has 8 nitrogen and oxygen atoms in total. The Balaban J connectivity index is 1.17. The molecular weight excluding hydrogens is 332 g/mol. The molecule has 1 aliphatic heterocycles. The Kier molecular flexibility index (Phi) is 3.89. The molecule has 1 saturated heterocycles. The van der Waals surface area contributed by atoms with Gasteiger partial charge in [-0.2, -0.15) is 0 Å². The molecule has 4 heterocycles. The zero-order valence-electron chi connectivity index (χ0n) is 14.4. The lowest BCUT2D eigenvalue weighted by molar-refractivity contribution is 0.223. The Morgan fingerprint density at radius 1 is 0.962 bits per heavy atom. The summed E-state index contributed by atoms with van der Waals surface area (Å²) in [6.07, 6.45) is 4.00. The van der Waals surface area contributed by atoms with Gasteiger partial charge in [0.25, 0.3) is 0 Å². The van der Waals surface area contributed by atoms with Gasteiger partial charge in [0, 0.05) is 32.1 Å². The summed E-state index contributed by atoms with van der Waals surface area (Å²) in [6, 6.07) is 7.68. The van der Waals surface area contributed by atoms with Crippen LogP contribution in [0.15, 0.2) is 39.4 Å². The maximum atomic E-state index is 5.76. The molecule has 0 radical (unpaired) electrons. The van der Waals surface area contributed by atoms with E-state index in [4.69, 9.17) is 8.83 Å². The highest BCUT2D eigenvalue weighted by Gasteiger charge is 2.29. The van der Waals surface area contributed by atoms with E-state index in [2.05, 4.69) is 30.2 Å². The lowest BCUT2D eigenvalue weighted by Gasteiger charge is -2.34. The second kappa shape index (κ2) is 6.53. The number of anilines is 1. The van der Waals surface area contributed by atoms with Gasteiger partial charge < -0.3 is 13.7 Å². The fraction of sp³-hybridized carbons (Fsp3) is 0.444. The number of rotatable bonds is 5. The van der Waals surface area contributed by atoms with Crippen LogP contribution in [0.2, 0.25) is 0 Å². The van der Waals surface area contributed by atoms with Crippen molar-refractivity contribution in [2.45, 2.75) is 25.3 Å². The van der Waals surface area contributed by atoms with Gasteiger partial charge in [-0.05, 0) is 37.1 Å². The largest absolute Gasteiger partial charge is 0.463 e. The minimum absolute atomic E-state index is 0.510. The summed E-state index contributed by atoms with van der Waals surface area (Å²) in [5, 5.41) is 17.0. The average Bonchev–Trinajstić information content (AvgIpc) is 3.19. The fourth-order valence-electron chi connectivity index (χ4n) is 3.20. The predicted octanol–water partition coefficient (Wildman–Crippen LogP) is 2.32. The van der Waals surface area contributed by atoms with E-state index in [1.165, 1.54) is 12.8 Å². The van der Waals surface area contributed by atoms with Crippen LogP contribution in [0.25, 0.3) is 11.5 Å². The van der Waals surface area contributed by atoms with Crippen molar-refractivity contribution >= 4 is 5.82 Å². The highest BCUT2D eigenvalue weighted by atomic mass is 16.4. The van der Waals surface area contributed by atoms with E-state index in [1.54, 1.807) is 6.26 Å². The first kappa shape index (κ1) is 15.5. The topological polar surface area (TPSA) is 84.3 Å². The van der Waals surface area contributed by atoms with Crippen LogP contribution in [-0.2, 0) is 6.54 Å². The molecule has 0 spiro atoms. The van der Waals surface area contributed by atoms with E-state index >= 15 is 0 Å². The molecule has 0 atom stereocenters. The van der Waals surface area contributed by atoms with Crippen molar-refractivity contribution in [2.24, 2.45) is 0 Å². The summed E-state index contributed by atoms with van der Waals surface area (Å²) < 4.78 is 11.1. The van der Waals surface area contributed by atoms with Crippen molar-refractivity contribution in [3.63, 3.8) is 0 Å². The van der Waals surface area contributed by atoms with Gasteiger partial charge >= 0.3 is 0 Å². The van der Waals surface area contributed by atoms with Gasteiger partial charge in [-0.15, -0.1) is 20.4 Å². The number of nitrogens with zero attached hydrogens (tertiary/aromatic N) is 6. The Hall–Kier alpha value is -2.74. The van der Waals surface area contributed by atoms with Crippen molar-refractivity contribution in [1.29, 1.82) is 0 Å². The van der Waals surface area contributed by atoms with E-state index in [1.807, 2.05) is 24.3 Å².